The van der Waals surface area contributed by atoms with Crippen molar-refractivity contribution < 1.29 is 14.3 Å². The molecule has 0 spiro atoms. The third-order valence-corrected chi connectivity index (χ3v) is 4.54. The molecule has 0 aliphatic carbocycles. The summed E-state index contributed by atoms with van der Waals surface area (Å²) in [4.78, 5) is 26.0. The molecule has 1 aromatic rings. The molecule has 2 atom stereocenters. The van der Waals surface area contributed by atoms with E-state index in [1.807, 2.05) is 43.0 Å². The van der Waals surface area contributed by atoms with Crippen LogP contribution in [0.1, 0.15) is 45.6 Å². The van der Waals surface area contributed by atoms with Crippen LogP contribution in [0.4, 0.5) is 0 Å². The Morgan fingerprint density at radius 2 is 1.83 bits per heavy atom. The van der Waals surface area contributed by atoms with Gasteiger partial charge in [-0.2, -0.15) is 0 Å². The van der Waals surface area contributed by atoms with Gasteiger partial charge in [-0.25, -0.2) is 0 Å². The molecule has 4 nitrogen and oxygen atoms in total. The summed E-state index contributed by atoms with van der Waals surface area (Å²) >= 11 is 5.88. The van der Waals surface area contributed by atoms with E-state index in [2.05, 4.69) is 0 Å². The van der Waals surface area contributed by atoms with Gasteiger partial charge in [0.15, 0.2) is 0 Å². The summed E-state index contributed by atoms with van der Waals surface area (Å²) in [5.74, 6) is -0.504. The molecular formula is C19H28ClNO3. The number of carbonyl (C=O) groups is 2. The highest BCUT2D eigenvalue weighted by atomic mass is 35.5. The van der Waals surface area contributed by atoms with Gasteiger partial charge in [-0.15, -0.1) is 0 Å². The fraction of sp³-hybridized carbons (Fsp3) is 0.579. The highest BCUT2D eigenvalue weighted by Gasteiger charge is 2.24. The van der Waals surface area contributed by atoms with Crippen LogP contribution in [0.15, 0.2) is 24.3 Å². The van der Waals surface area contributed by atoms with Gasteiger partial charge in [0, 0.05) is 24.0 Å². The number of amides is 1. The van der Waals surface area contributed by atoms with E-state index in [-0.39, 0.29) is 23.8 Å². The van der Waals surface area contributed by atoms with E-state index in [9.17, 15) is 9.59 Å². The zero-order valence-electron chi connectivity index (χ0n) is 15.0. The minimum atomic E-state index is -0.316. The highest BCUT2D eigenvalue weighted by Crippen LogP contribution is 2.15. The molecule has 1 aromatic carbocycles. The van der Waals surface area contributed by atoms with E-state index in [1.165, 1.54) is 12.7 Å². The number of esters is 1. The van der Waals surface area contributed by atoms with Gasteiger partial charge < -0.3 is 9.64 Å². The van der Waals surface area contributed by atoms with Crippen molar-refractivity contribution in [2.75, 3.05) is 13.7 Å². The molecule has 134 valence electrons. The first-order valence-corrected chi connectivity index (χ1v) is 8.88. The third kappa shape index (κ3) is 6.52. The lowest BCUT2D eigenvalue weighted by atomic mass is 10.1. The molecule has 0 N–H and O–H groups in total. The first-order valence-electron chi connectivity index (χ1n) is 8.50. The average molecular weight is 354 g/mol. The van der Waals surface area contributed by atoms with Gasteiger partial charge >= 0.3 is 5.97 Å². The first kappa shape index (κ1) is 20.5. The molecule has 2 unspecified atom stereocenters. The van der Waals surface area contributed by atoms with Crippen molar-refractivity contribution in [3.05, 3.63) is 34.9 Å². The zero-order chi connectivity index (χ0) is 18.1. The summed E-state index contributed by atoms with van der Waals surface area (Å²) in [7, 11) is 1.38. The topological polar surface area (TPSA) is 46.6 Å². The molecule has 1 amide bonds. The van der Waals surface area contributed by atoms with Crippen molar-refractivity contribution >= 4 is 23.5 Å². The van der Waals surface area contributed by atoms with Gasteiger partial charge in [-0.05, 0) is 43.9 Å². The molecule has 0 radical (unpaired) electrons. The van der Waals surface area contributed by atoms with Crippen molar-refractivity contribution in [3.8, 4) is 0 Å². The van der Waals surface area contributed by atoms with Crippen molar-refractivity contribution in [2.45, 2.75) is 52.5 Å². The predicted molar refractivity (Wildman–Crippen MR) is 97.0 cm³/mol. The van der Waals surface area contributed by atoms with Crippen molar-refractivity contribution in [3.63, 3.8) is 0 Å². The van der Waals surface area contributed by atoms with E-state index in [0.29, 0.717) is 13.0 Å². The number of halogens is 1. The Kier molecular flexibility index (Phi) is 8.83. The van der Waals surface area contributed by atoms with Crippen molar-refractivity contribution in [2.24, 2.45) is 5.92 Å². The fourth-order valence-corrected chi connectivity index (χ4v) is 2.68. The Labute approximate surface area is 150 Å². The van der Waals surface area contributed by atoms with Gasteiger partial charge in [0.05, 0.1) is 13.0 Å². The molecule has 0 aliphatic heterocycles. The van der Waals surface area contributed by atoms with Gasteiger partial charge in [-0.1, -0.05) is 37.6 Å². The maximum atomic E-state index is 12.6. The van der Waals surface area contributed by atoms with Crippen LogP contribution in [-0.4, -0.2) is 36.5 Å². The number of methoxy groups -OCH3 is 1. The minimum absolute atomic E-state index is 0.0917. The summed E-state index contributed by atoms with van der Waals surface area (Å²) in [6, 6.07) is 7.81. The van der Waals surface area contributed by atoms with E-state index >= 15 is 0 Å². The van der Waals surface area contributed by atoms with Crippen LogP contribution < -0.4 is 0 Å². The van der Waals surface area contributed by atoms with Gasteiger partial charge in [0.1, 0.15) is 0 Å². The summed E-state index contributed by atoms with van der Waals surface area (Å²) in [5.41, 5.74) is 1.17. The zero-order valence-corrected chi connectivity index (χ0v) is 15.8. The lowest BCUT2D eigenvalue weighted by molar-refractivity contribution is -0.147. The van der Waals surface area contributed by atoms with Crippen LogP contribution in [0.3, 0.4) is 0 Å². The Morgan fingerprint density at radius 1 is 1.21 bits per heavy atom. The smallest absolute Gasteiger partial charge is 0.310 e. The minimum Gasteiger partial charge on any atom is -0.469 e. The molecule has 0 saturated carbocycles. The predicted octanol–water partition coefficient (Wildman–Crippen LogP) is 4.10. The number of aryl methyl sites for hydroxylation is 1. The Morgan fingerprint density at radius 3 is 2.38 bits per heavy atom. The maximum Gasteiger partial charge on any atom is 0.310 e. The normalized spacial score (nSPS) is 13.2. The van der Waals surface area contributed by atoms with Crippen LogP contribution in [0.2, 0.25) is 5.02 Å². The highest BCUT2D eigenvalue weighted by molar-refractivity contribution is 6.30. The second kappa shape index (κ2) is 10.3. The van der Waals surface area contributed by atoms with E-state index in [4.69, 9.17) is 16.3 Å². The van der Waals surface area contributed by atoms with E-state index < -0.39 is 0 Å². The number of ether oxygens (including phenoxy) is 1. The standard InChI is InChI=1S/C19H28ClNO3/c1-5-15(3)21(13-14(2)19(23)24-4)18(22)8-6-7-16-9-11-17(20)12-10-16/h9-12,14-15H,5-8,13H2,1-4H3. The monoisotopic (exact) mass is 353 g/mol. The van der Waals surface area contributed by atoms with E-state index in [0.717, 1.165) is 24.3 Å². The quantitative estimate of drug-likeness (QED) is 0.628. The molecular weight excluding hydrogens is 326 g/mol. The van der Waals surface area contributed by atoms with Crippen LogP contribution in [0, 0.1) is 5.92 Å². The second-order valence-electron chi connectivity index (χ2n) is 6.21. The summed E-state index contributed by atoms with van der Waals surface area (Å²) < 4.78 is 4.77. The maximum absolute atomic E-state index is 12.6. The molecule has 0 aliphatic rings. The van der Waals surface area contributed by atoms with Gasteiger partial charge in [0.25, 0.3) is 0 Å². The molecule has 0 saturated heterocycles. The van der Waals surface area contributed by atoms with Crippen LogP contribution >= 0.6 is 11.6 Å². The number of hydrogen-bond acceptors (Lipinski definition) is 3. The number of hydrogen-bond donors (Lipinski definition) is 0. The molecule has 0 aromatic heterocycles. The van der Waals surface area contributed by atoms with Gasteiger partial charge in [0.2, 0.25) is 5.91 Å². The van der Waals surface area contributed by atoms with Crippen molar-refractivity contribution in [1.29, 1.82) is 0 Å². The molecule has 0 fully saturated rings. The number of nitrogens with zero attached hydrogens (tertiary/aromatic N) is 1. The average Bonchev–Trinajstić information content (AvgIpc) is 2.59. The third-order valence-electron chi connectivity index (χ3n) is 4.29. The lowest BCUT2D eigenvalue weighted by Gasteiger charge is -2.30. The molecule has 0 bridgehead atoms. The molecule has 5 heteroatoms. The number of rotatable bonds is 9. The Hall–Kier alpha value is -1.55. The fourth-order valence-electron chi connectivity index (χ4n) is 2.56. The Balaban J connectivity index is 2.57. The Bertz CT molecular complexity index is 530. The lowest BCUT2D eigenvalue weighted by Crippen LogP contribution is -2.42. The van der Waals surface area contributed by atoms with Crippen LogP contribution in [0.5, 0.6) is 0 Å². The van der Waals surface area contributed by atoms with Crippen LogP contribution in [-0.2, 0) is 20.7 Å². The number of benzene rings is 1. The van der Waals surface area contributed by atoms with Gasteiger partial charge in [-0.3, -0.25) is 9.59 Å². The van der Waals surface area contributed by atoms with E-state index in [1.54, 1.807) is 6.92 Å². The molecule has 24 heavy (non-hydrogen) atoms. The summed E-state index contributed by atoms with van der Waals surface area (Å²) in [6.45, 7) is 6.26. The largest absolute Gasteiger partial charge is 0.469 e. The second-order valence-corrected chi connectivity index (χ2v) is 6.64. The molecule has 0 heterocycles. The summed E-state index contributed by atoms with van der Waals surface area (Å²) in [6.07, 6.45) is 2.95. The first-order chi connectivity index (χ1) is 11.4. The van der Waals surface area contributed by atoms with Crippen molar-refractivity contribution in [1.82, 2.24) is 4.90 Å². The number of carbonyl (C=O) groups excluding carboxylic acids is 2. The van der Waals surface area contributed by atoms with Crippen LogP contribution in [0.25, 0.3) is 0 Å². The SMILES string of the molecule is CCC(C)N(CC(C)C(=O)OC)C(=O)CCCc1ccc(Cl)cc1. The molecule has 1 rings (SSSR count). The summed E-state index contributed by atoms with van der Waals surface area (Å²) in [5, 5.41) is 0.717.